The van der Waals surface area contributed by atoms with Crippen LogP contribution in [0.5, 0.6) is 5.75 Å². The van der Waals surface area contributed by atoms with Crippen LogP contribution in [0.15, 0.2) is 40.9 Å². The number of hydrogen-bond donors (Lipinski definition) is 2. The molecular formula is C15H15BrClNO. The maximum absolute atomic E-state index is 9.97. The molecule has 2 rings (SSSR count). The van der Waals surface area contributed by atoms with Crippen LogP contribution >= 0.6 is 27.5 Å². The SMILES string of the molecule is Cc1ccc(C(C)Nc2ccc(Cl)c(Br)c2)c(O)c1. The predicted molar refractivity (Wildman–Crippen MR) is 84.0 cm³/mol. The summed E-state index contributed by atoms with van der Waals surface area (Å²) < 4.78 is 0.847. The van der Waals surface area contributed by atoms with Gasteiger partial charge in [-0.25, -0.2) is 0 Å². The maximum atomic E-state index is 9.97. The Morgan fingerprint density at radius 2 is 1.95 bits per heavy atom. The lowest BCUT2D eigenvalue weighted by molar-refractivity contribution is 0.465. The molecule has 0 saturated heterocycles. The Balaban J connectivity index is 2.20. The van der Waals surface area contributed by atoms with Crippen molar-refractivity contribution in [2.24, 2.45) is 0 Å². The van der Waals surface area contributed by atoms with Crippen molar-refractivity contribution in [3.63, 3.8) is 0 Å². The zero-order chi connectivity index (χ0) is 14.0. The molecule has 2 N–H and O–H groups in total. The summed E-state index contributed by atoms with van der Waals surface area (Å²) in [6, 6.07) is 11.4. The van der Waals surface area contributed by atoms with E-state index in [1.165, 1.54) is 0 Å². The minimum atomic E-state index is 0.00803. The van der Waals surface area contributed by atoms with Gasteiger partial charge in [-0.15, -0.1) is 0 Å². The molecule has 2 nitrogen and oxygen atoms in total. The van der Waals surface area contributed by atoms with Crippen molar-refractivity contribution >= 4 is 33.2 Å². The molecule has 2 aromatic rings. The molecule has 0 radical (unpaired) electrons. The molecule has 1 unspecified atom stereocenters. The third-order valence-corrected chi connectivity index (χ3v) is 4.17. The molecule has 0 amide bonds. The van der Waals surface area contributed by atoms with E-state index in [0.717, 1.165) is 21.3 Å². The minimum absolute atomic E-state index is 0.00803. The first kappa shape index (κ1) is 14.2. The number of hydrogen-bond acceptors (Lipinski definition) is 2. The number of anilines is 1. The van der Waals surface area contributed by atoms with Crippen LogP contribution in [0.4, 0.5) is 5.69 Å². The van der Waals surface area contributed by atoms with E-state index in [9.17, 15) is 5.11 Å². The highest BCUT2D eigenvalue weighted by Gasteiger charge is 2.10. The standard InChI is InChI=1S/C15H15BrClNO/c1-9-3-5-12(15(19)7-9)10(2)18-11-4-6-14(17)13(16)8-11/h3-8,10,18-19H,1-2H3. The van der Waals surface area contributed by atoms with Crippen LogP contribution in [0.25, 0.3) is 0 Å². The van der Waals surface area contributed by atoms with E-state index in [-0.39, 0.29) is 6.04 Å². The zero-order valence-corrected chi connectivity index (χ0v) is 13.1. The number of rotatable bonds is 3. The average Bonchev–Trinajstić information content (AvgIpc) is 2.33. The first-order valence-electron chi connectivity index (χ1n) is 5.98. The van der Waals surface area contributed by atoms with Gasteiger partial charge in [0.05, 0.1) is 11.1 Å². The molecular weight excluding hydrogens is 326 g/mol. The summed E-state index contributed by atoms with van der Waals surface area (Å²) >= 11 is 9.36. The first-order chi connectivity index (χ1) is 8.97. The molecule has 0 aliphatic carbocycles. The van der Waals surface area contributed by atoms with Gasteiger partial charge in [0.2, 0.25) is 0 Å². The molecule has 0 aliphatic heterocycles. The molecule has 0 bridgehead atoms. The van der Waals surface area contributed by atoms with Gasteiger partial charge in [0.25, 0.3) is 0 Å². The number of phenols is 1. The maximum Gasteiger partial charge on any atom is 0.121 e. The number of halogens is 2. The van der Waals surface area contributed by atoms with Crippen LogP contribution < -0.4 is 5.32 Å². The Kier molecular flexibility index (Phi) is 4.38. The Labute approximate surface area is 126 Å². The van der Waals surface area contributed by atoms with Crippen molar-refractivity contribution in [2.75, 3.05) is 5.32 Å². The van der Waals surface area contributed by atoms with Crippen molar-refractivity contribution < 1.29 is 5.11 Å². The predicted octanol–water partition coefficient (Wildman–Crippen LogP) is 5.29. The van der Waals surface area contributed by atoms with Gasteiger partial charge in [0, 0.05) is 15.7 Å². The molecule has 0 fully saturated rings. The lowest BCUT2D eigenvalue weighted by Gasteiger charge is -2.17. The van der Waals surface area contributed by atoms with Crippen LogP contribution in [0, 0.1) is 6.92 Å². The number of phenolic OH excluding ortho intramolecular Hbond substituents is 1. The Morgan fingerprint density at radius 3 is 2.58 bits per heavy atom. The number of benzene rings is 2. The van der Waals surface area contributed by atoms with E-state index in [0.29, 0.717) is 10.8 Å². The molecule has 2 aromatic carbocycles. The van der Waals surface area contributed by atoms with Crippen LogP contribution in [0.3, 0.4) is 0 Å². The number of aryl methyl sites for hydroxylation is 1. The fraction of sp³-hybridized carbons (Fsp3) is 0.200. The number of nitrogens with one attached hydrogen (secondary N) is 1. The molecule has 4 heteroatoms. The van der Waals surface area contributed by atoms with Crippen molar-refractivity contribution in [3.05, 3.63) is 57.0 Å². The summed E-state index contributed by atoms with van der Waals surface area (Å²) in [6.07, 6.45) is 0. The van der Waals surface area contributed by atoms with Crippen molar-refractivity contribution in [1.82, 2.24) is 0 Å². The molecule has 0 spiro atoms. The Hall–Kier alpha value is -1.19. The fourth-order valence-electron chi connectivity index (χ4n) is 1.93. The molecule has 0 heterocycles. The van der Waals surface area contributed by atoms with Crippen LogP contribution in [-0.2, 0) is 0 Å². The highest BCUT2D eigenvalue weighted by molar-refractivity contribution is 9.10. The van der Waals surface area contributed by atoms with Crippen molar-refractivity contribution in [1.29, 1.82) is 0 Å². The van der Waals surface area contributed by atoms with E-state index in [4.69, 9.17) is 11.6 Å². The topological polar surface area (TPSA) is 32.3 Å². The van der Waals surface area contributed by atoms with Gasteiger partial charge >= 0.3 is 0 Å². The average molecular weight is 341 g/mol. The Bertz CT molecular complexity index is 601. The second-order valence-corrected chi connectivity index (χ2v) is 5.82. The summed E-state index contributed by atoms with van der Waals surface area (Å²) in [4.78, 5) is 0. The van der Waals surface area contributed by atoms with E-state index >= 15 is 0 Å². The largest absolute Gasteiger partial charge is 0.508 e. The quantitative estimate of drug-likeness (QED) is 0.795. The second-order valence-electron chi connectivity index (χ2n) is 4.56. The third-order valence-electron chi connectivity index (χ3n) is 2.96. The normalized spacial score (nSPS) is 12.2. The number of aromatic hydroxyl groups is 1. The van der Waals surface area contributed by atoms with E-state index in [1.807, 2.05) is 44.2 Å². The minimum Gasteiger partial charge on any atom is -0.508 e. The smallest absolute Gasteiger partial charge is 0.121 e. The van der Waals surface area contributed by atoms with Crippen molar-refractivity contribution in [2.45, 2.75) is 19.9 Å². The van der Waals surface area contributed by atoms with Gasteiger partial charge in [-0.3, -0.25) is 0 Å². The fourth-order valence-corrected chi connectivity index (χ4v) is 2.43. The Morgan fingerprint density at radius 1 is 1.21 bits per heavy atom. The van der Waals surface area contributed by atoms with Crippen LogP contribution in [0.1, 0.15) is 24.1 Å². The summed E-state index contributed by atoms with van der Waals surface area (Å²) in [5.41, 5.74) is 2.86. The monoisotopic (exact) mass is 339 g/mol. The van der Waals surface area contributed by atoms with Gasteiger partial charge < -0.3 is 10.4 Å². The second kappa shape index (κ2) is 5.85. The van der Waals surface area contributed by atoms with E-state index in [2.05, 4.69) is 21.2 Å². The van der Waals surface area contributed by atoms with Crippen LogP contribution in [0.2, 0.25) is 5.02 Å². The third kappa shape index (κ3) is 3.43. The molecule has 1 atom stereocenters. The summed E-state index contributed by atoms with van der Waals surface area (Å²) in [5.74, 6) is 0.313. The molecule has 0 aliphatic rings. The first-order valence-corrected chi connectivity index (χ1v) is 7.15. The summed E-state index contributed by atoms with van der Waals surface area (Å²) in [5, 5.41) is 14.0. The lowest BCUT2D eigenvalue weighted by Crippen LogP contribution is -2.06. The summed E-state index contributed by atoms with van der Waals surface area (Å²) in [6.45, 7) is 3.96. The molecule has 100 valence electrons. The highest BCUT2D eigenvalue weighted by atomic mass is 79.9. The highest BCUT2D eigenvalue weighted by Crippen LogP contribution is 2.30. The molecule has 0 saturated carbocycles. The van der Waals surface area contributed by atoms with Gasteiger partial charge in [0.15, 0.2) is 0 Å². The van der Waals surface area contributed by atoms with Gasteiger partial charge in [-0.1, -0.05) is 23.7 Å². The van der Waals surface area contributed by atoms with Gasteiger partial charge in [0.1, 0.15) is 5.75 Å². The van der Waals surface area contributed by atoms with Gasteiger partial charge in [-0.2, -0.15) is 0 Å². The molecule has 0 aromatic heterocycles. The van der Waals surface area contributed by atoms with E-state index < -0.39 is 0 Å². The van der Waals surface area contributed by atoms with Gasteiger partial charge in [-0.05, 0) is 59.6 Å². The van der Waals surface area contributed by atoms with E-state index in [1.54, 1.807) is 6.07 Å². The lowest BCUT2D eigenvalue weighted by atomic mass is 10.0. The van der Waals surface area contributed by atoms with Crippen LogP contribution in [-0.4, -0.2) is 5.11 Å². The molecule has 19 heavy (non-hydrogen) atoms. The van der Waals surface area contributed by atoms with Crippen molar-refractivity contribution in [3.8, 4) is 5.75 Å². The summed E-state index contributed by atoms with van der Waals surface area (Å²) in [7, 11) is 0. The zero-order valence-electron chi connectivity index (χ0n) is 10.7.